The third-order valence-electron chi connectivity index (χ3n) is 5.74. The van der Waals surface area contributed by atoms with Crippen molar-refractivity contribution in [2.24, 2.45) is 0 Å². The Hall–Kier alpha value is -3.40. The zero-order valence-corrected chi connectivity index (χ0v) is 20.3. The first kappa shape index (κ1) is 24.7. The molecular weight excluding hydrogens is 468 g/mol. The van der Waals surface area contributed by atoms with Crippen molar-refractivity contribution in [1.29, 1.82) is 0 Å². The van der Waals surface area contributed by atoms with E-state index in [1.807, 2.05) is 26.0 Å². The maximum Gasteiger partial charge on any atom is 0.260 e. The molecule has 0 spiro atoms. The van der Waals surface area contributed by atoms with Crippen LogP contribution in [-0.2, 0) is 6.54 Å². The summed E-state index contributed by atoms with van der Waals surface area (Å²) in [6, 6.07) is 7.04. The zero-order valence-electron chi connectivity index (χ0n) is 19.6. The van der Waals surface area contributed by atoms with Gasteiger partial charge in [0.05, 0.1) is 17.6 Å². The summed E-state index contributed by atoms with van der Waals surface area (Å²) >= 11 is 6.64. The van der Waals surface area contributed by atoms with E-state index >= 15 is 0 Å². The predicted molar refractivity (Wildman–Crippen MR) is 136 cm³/mol. The van der Waals surface area contributed by atoms with Gasteiger partial charge in [-0.05, 0) is 38.8 Å². The van der Waals surface area contributed by atoms with Crippen molar-refractivity contribution in [3.05, 3.63) is 63.9 Å². The Morgan fingerprint density at radius 2 is 1.83 bits per heavy atom. The Morgan fingerprint density at radius 1 is 1.06 bits per heavy atom. The topological polar surface area (TPSA) is 126 Å². The van der Waals surface area contributed by atoms with Gasteiger partial charge in [0.15, 0.2) is 0 Å². The number of anilines is 1. The van der Waals surface area contributed by atoms with Gasteiger partial charge in [-0.1, -0.05) is 23.7 Å². The lowest BCUT2D eigenvalue weighted by molar-refractivity contribution is 0.247. The lowest BCUT2D eigenvalue weighted by Gasteiger charge is -2.17. The smallest absolute Gasteiger partial charge is 0.260 e. The van der Waals surface area contributed by atoms with E-state index in [9.17, 15) is 15.0 Å². The van der Waals surface area contributed by atoms with Crippen molar-refractivity contribution in [1.82, 2.24) is 24.5 Å². The van der Waals surface area contributed by atoms with Crippen molar-refractivity contribution >= 4 is 28.6 Å². The van der Waals surface area contributed by atoms with Gasteiger partial charge in [-0.2, -0.15) is 4.98 Å². The number of pyridine rings is 1. The molecule has 3 aromatic heterocycles. The summed E-state index contributed by atoms with van der Waals surface area (Å²) in [6.45, 7) is 4.11. The fourth-order valence-electron chi connectivity index (χ4n) is 3.99. The maximum absolute atomic E-state index is 13.4. The van der Waals surface area contributed by atoms with Crippen LogP contribution >= 0.6 is 11.6 Å². The second kappa shape index (κ2) is 10.9. The molecule has 0 fully saturated rings. The number of aromatic nitrogens is 5. The molecule has 0 aliphatic rings. The normalized spacial score (nSPS) is 11.4. The highest BCUT2D eigenvalue weighted by Crippen LogP contribution is 2.31. The maximum atomic E-state index is 13.4. The first-order chi connectivity index (χ1) is 16.9. The lowest BCUT2D eigenvalue weighted by atomic mass is 10.0. The molecule has 0 atom stereocenters. The van der Waals surface area contributed by atoms with Crippen molar-refractivity contribution < 1.29 is 10.2 Å². The van der Waals surface area contributed by atoms with Gasteiger partial charge in [-0.3, -0.25) is 14.3 Å². The van der Waals surface area contributed by atoms with Crippen LogP contribution in [0.3, 0.4) is 0 Å². The van der Waals surface area contributed by atoms with E-state index in [2.05, 4.69) is 25.3 Å². The second-order valence-corrected chi connectivity index (χ2v) is 8.59. The number of aliphatic hydroxyl groups is 2. The van der Waals surface area contributed by atoms with Crippen molar-refractivity contribution in [2.75, 3.05) is 18.5 Å². The molecule has 0 radical (unpaired) electrons. The number of aryl methyl sites for hydroxylation is 2. The minimum atomic E-state index is -0.211. The number of benzene rings is 1. The van der Waals surface area contributed by atoms with Gasteiger partial charge in [0.25, 0.3) is 5.56 Å². The number of rotatable bonds is 9. The lowest BCUT2D eigenvalue weighted by Crippen LogP contribution is -2.25. The molecule has 9 nitrogen and oxygen atoms in total. The zero-order chi connectivity index (χ0) is 24.9. The molecular formula is C25H27ClN6O3. The fraction of sp³-hybridized carbons (Fsp3) is 0.320. The summed E-state index contributed by atoms with van der Waals surface area (Å²) in [7, 11) is 0. The number of nitrogens with zero attached hydrogens (tertiary/aromatic N) is 5. The Labute approximate surface area is 207 Å². The molecule has 0 bridgehead atoms. The van der Waals surface area contributed by atoms with Crippen LogP contribution in [0.5, 0.6) is 0 Å². The number of aliphatic hydroxyl groups excluding tert-OH is 2. The third kappa shape index (κ3) is 5.32. The Bertz CT molecular complexity index is 1400. The number of halogens is 1. The van der Waals surface area contributed by atoms with Gasteiger partial charge >= 0.3 is 0 Å². The van der Waals surface area contributed by atoms with Crippen LogP contribution in [0.25, 0.3) is 33.4 Å². The monoisotopic (exact) mass is 494 g/mol. The number of nitrogens with one attached hydrogen (secondary N) is 1. The molecule has 3 N–H and O–H groups in total. The minimum Gasteiger partial charge on any atom is -0.396 e. The van der Waals surface area contributed by atoms with Gasteiger partial charge in [0, 0.05) is 65.3 Å². The summed E-state index contributed by atoms with van der Waals surface area (Å²) < 4.78 is 1.58. The molecule has 4 aromatic rings. The highest BCUT2D eigenvalue weighted by molar-refractivity contribution is 6.33. The average Bonchev–Trinajstić information content (AvgIpc) is 2.84. The summed E-state index contributed by atoms with van der Waals surface area (Å²) in [4.78, 5) is 31.1. The van der Waals surface area contributed by atoms with Gasteiger partial charge in [-0.15, -0.1) is 0 Å². The van der Waals surface area contributed by atoms with Gasteiger partial charge < -0.3 is 15.5 Å². The Balaban J connectivity index is 1.75. The third-order valence-corrected chi connectivity index (χ3v) is 6.05. The van der Waals surface area contributed by atoms with Crippen LogP contribution < -0.4 is 10.9 Å². The molecule has 0 amide bonds. The molecule has 10 heteroatoms. The van der Waals surface area contributed by atoms with Crippen molar-refractivity contribution in [3.63, 3.8) is 0 Å². The van der Waals surface area contributed by atoms with Gasteiger partial charge in [0.1, 0.15) is 5.65 Å². The van der Waals surface area contributed by atoms with E-state index in [4.69, 9.17) is 11.6 Å². The molecule has 0 unspecified atom stereocenters. The molecule has 0 saturated carbocycles. The van der Waals surface area contributed by atoms with Crippen LogP contribution in [0.4, 0.5) is 5.95 Å². The molecule has 35 heavy (non-hydrogen) atoms. The summed E-state index contributed by atoms with van der Waals surface area (Å²) in [5, 5.41) is 22.8. The largest absolute Gasteiger partial charge is 0.396 e. The second-order valence-electron chi connectivity index (χ2n) is 8.19. The molecule has 0 saturated heterocycles. The number of hydrogen-bond donors (Lipinski definition) is 3. The summed E-state index contributed by atoms with van der Waals surface area (Å²) in [5.41, 5.74) is 3.66. The molecule has 4 rings (SSSR count). The van der Waals surface area contributed by atoms with Crippen LogP contribution in [0.15, 0.2) is 47.7 Å². The van der Waals surface area contributed by atoms with E-state index in [1.54, 1.807) is 35.3 Å². The van der Waals surface area contributed by atoms with E-state index in [0.29, 0.717) is 58.2 Å². The molecule has 0 aliphatic carbocycles. The van der Waals surface area contributed by atoms with Gasteiger partial charge in [0.2, 0.25) is 5.95 Å². The first-order valence-electron chi connectivity index (χ1n) is 11.4. The molecule has 0 aliphatic heterocycles. The number of hydrogen-bond acceptors (Lipinski definition) is 8. The van der Waals surface area contributed by atoms with Crippen LogP contribution in [0, 0.1) is 6.92 Å². The van der Waals surface area contributed by atoms with E-state index in [1.165, 1.54) is 0 Å². The summed E-state index contributed by atoms with van der Waals surface area (Å²) in [5.74, 6) is 0.334. The molecule has 1 aromatic carbocycles. The average molecular weight is 495 g/mol. The Morgan fingerprint density at radius 3 is 2.49 bits per heavy atom. The first-order valence-corrected chi connectivity index (χ1v) is 11.8. The molecule has 3 heterocycles. The SMILES string of the molecule is CCn1c(=O)c(-c2ccc(-c3cncc(C)n3)cc2Cl)cc2cnc(NC(CCO)CCO)nc21. The predicted octanol–water partition coefficient (Wildman–Crippen LogP) is 3.44. The van der Waals surface area contributed by atoms with Crippen molar-refractivity contribution in [2.45, 2.75) is 39.3 Å². The summed E-state index contributed by atoms with van der Waals surface area (Å²) in [6.07, 6.45) is 5.91. The highest BCUT2D eigenvalue weighted by Gasteiger charge is 2.17. The van der Waals surface area contributed by atoms with Crippen LogP contribution in [0.2, 0.25) is 5.02 Å². The van der Waals surface area contributed by atoms with Crippen LogP contribution in [0.1, 0.15) is 25.5 Å². The van der Waals surface area contributed by atoms with Crippen molar-refractivity contribution in [3.8, 4) is 22.4 Å². The van der Waals surface area contributed by atoms with E-state index in [0.717, 1.165) is 11.3 Å². The van der Waals surface area contributed by atoms with Crippen LogP contribution in [-0.4, -0.2) is 54.0 Å². The van der Waals surface area contributed by atoms with Gasteiger partial charge in [-0.25, -0.2) is 9.97 Å². The van der Waals surface area contributed by atoms with E-state index < -0.39 is 0 Å². The Kier molecular flexibility index (Phi) is 7.70. The molecule has 182 valence electrons. The van der Waals surface area contributed by atoms with E-state index in [-0.39, 0.29) is 24.8 Å². The highest BCUT2D eigenvalue weighted by atomic mass is 35.5. The number of fused-ring (bicyclic) bond motifs is 1. The fourth-order valence-corrected chi connectivity index (χ4v) is 4.28. The standard InChI is InChI=1S/C25H27ClN6O3/c1-3-32-23-17(13-28-25(31-23)30-18(6-8-33)7-9-34)10-20(24(32)35)19-5-4-16(11-21(19)26)22-14-27-12-15(2)29-22/h4-5,10-14,18,33-34H,3,6-9H2,1-2H3,(H,28,30,31). The quantitative estimate of drug-likeness (QED) is 0.323. The minimum absolute atomic E-state index is 0.0235.